The molecule has 0 aromatic carbocycles. The maximum Gasteiger partial charge on any atom is 0.317 e. The highest BCUT2D eigenvalue weighted by Gasteiger charge is 2.22. The van der Waals surface area contributed by atoms with E-state index < -0.39 is 16.8 Å². The van der Waals surface area contributed by atoms with Gasteiger partial charge in [-0.25, -0.2) is 4.79 Å². The molecule has 2 amide bonds. The van der Waals surface area contributed by atoms with E-state index in [1.165, 1.54) is 0 Å². The van der Waals surface area contributed by atoms with Gasteiger partial charge in [0, 0.05) is 48.4 Å². The topological polar surface area (TPSA) is 86.7 Å². The molecule has 0 radical (unpaired) electrons. The van der Waals surface area contributed by atoms with Crippen molar-refractivity contribution in [2.24, 2.45) is 5.41 Å². The van der Waals surface area contributed by atoms with Crippen LogP contribution < -0.4 is 5.32 Å². The molecular formula is C13H24N2O4S. The van der Waals surface area contributed by atoms with Crippen LogP contribution in [-0.4, -0.2) is 57.4 Å². The van der Waals surface area contributed by atoms with E-state index in [0.717, 1.165) is 6.42 Å². The Morgan fingerprint density at radius 2 is 1.85 bits per heavy atom. The molecule has 0 bridgehead atoms. The van der Waals surface area contributed by atoms with E-state index in [2.05, 4.69) is 5.32 Å². The molecule has 6 nitrogen and oxygen atoms in total. The third-order valence-corrected chi connectivity index (χ3v) is 4.83. The van der Waals surface area contributed by atoms with Gasteiger partial charge in [0.2, 0.25) is 0 Å². The first-order chi connectivity index (χ1) is 9.30. The van der Waals surface area contributed by atoms with Crippen molar-refractivity contribution < 1.29 is 18.9 Å². The van der Waals surface area contributed by atoms with Gasteiger partial charge >= 0.3 is 12.0 Å². The van der Waals surface area contributed by atoms with Crippen molar-refractivity contribution >= 4 is 22.8 Å². The molecule has 1 aliphatic rings. The van der Waals surface area contributed by atoms with E-state index in [0.29, 0.717) is 37.6 Å². The van der Waals surface area contributed by atoms with Gasteiger partial charge in [-0.3, -0.25) is 9.00 Å². The molecule has 1 aliphatic heterocycles. The SMILES string of the molecule is CC(C)(CCNC(=O)N1CCS(=O)CC1)CCC(=O)O. The first kappa shape index (κ1) is 16.9. The lowest BCUT2D eigenvalue weighted by Crippen LogP contribution is -2.47. The molecule has 116 valence electrons. The molecule has 20 heavy (non-hydrogen) atoms. The average molecular weight is 304 g/mol. The van der Waals surface area contributed by atoms with Crippen LogP contribution in [-0.2, 0) is 15.6 Å². The van der Waals surface area contributed by atoms with Crippen molar-refractivity contribution in [2.75, 3.05) is 31.1 Å². The fourth-order valence-electron chi connectivity index (χ4n) is 2.03. The van der Waals surface area contributed by atoms with Crippen LogP contribution >= 0.6 is 0 Å². The fourth-order valence-corrected chi connectivity index (χ4v) is 3.08. The van der Waals surface area contributed by atoms with Gasteiger partial charge in [0.25, 0.3) is 0 Å². The Morgan fingerprint density at radius 1 is 1.25 bits per heavy atom. The highest BCUT2D eigenvalue weighted by molar-refractivity contribution is 7.85. The molecule has 1 heterocycles. The van der Waals surface area contributed by atoms with E-state index in [4.69, 9.17) is 5.11 Å². The summed E-state index contributed by atoms with van der Waals surface area (Å²) in [6.07, 6.45) is 1.49. The summed E-state index contributed by atoms with van der Waals surface area (Å²) < 4.78 is 11.2. The number of hydrogen-bond donors (Lipinski definition) is 2. The van der Waals surface area contributed by atoms with Gasteiger partial charge < -0.3 is 15.3 Å². The molecule has 2 N–H and O–H groups in total. The number of carboxylic acids is 1. The number of urea groups is 1. The summed E-state index contributed by atoms with van der Waals surface area (Å²) in [4.78, 5) is 24.1. The summed E-state index contributed by atoms with van der Waals surface area (Å²) in [5.74, 6) is 0.318. The van der Waals surface area contributed by atoms with Crippen LogP contribution in [0.5, 0.6) is 0 Å². The molecule has 1 rings (SSSR count). The van der Waals surface area contributed by atoms with Crippen LogP contribution in [0.3, 0.4) is 0 Å². The molecule has 0 aliphatic carbocycles. The third kappa shape index (κ3) is 6.36. The van der Waals surface area contributed by atoms with Crippen LogP contribution in [0.2, 0.25) is 0 Å². The molecule has 7 heteroatoms. The minimum absolute atomic E-state index is 0.102. The molecule has 0 aromatic rings. The number of rotatable bonds is 6. The summed E-state index contributed by atoms with van der Waals surface area (Å²) >= 11 is 0. The van der Waals surface area contributed by atoms with Gasteiger partial charge in [0.05, 0.1) is 0 Å². The number of amides is 2. The van der Waals surface area contributed by atoms with Gasteiger partial charge in [0.1, 0.15) is 0 Å². The van der Waals surface area contributed by atoms with E-state index in [9.17, 15) is 13.8 Å². The molecule has 0 aromatic heterocycles. The summed E-state index contributed by atoms with van der Waals surface area (Å²) in [6, 6.07) is -0.115. The lowest BCUT2D eigenvalue weighted by molar-refractivity contribution is -0.137. The molecular weight excluding hydrogens is 280 g/mol. The molecule has 0 saturated carbocycles. The van der Waals surface area contributed by atoms with Crippen LogP contribution in [0.25, 0.3) is 0 Å². The van der Waals surface area contributed by atoms with Crippen molar-refractivity contribution in [3.8, 4) is 0 Å². The van der Waals surface area contributed by atoms with E-state index >= 15 is 0 Å². The van der Waals surface area contributed by atoms with Crippen molar-refractivity contribution in [2.45, 2.75) is 33.1 Å². The van der Waals surface area contributed by atoms with E-state index in [-0.39, 0.29) is 17.9 Å². The zero-order valence-electron chi connectivity index (χ0n) is 12.2. The maximum atomic E-state index is 11.9. The smallest absolute Gasteiger partial charge is 0.317 e. The van der Waals surface area contributed by atoms with Gasteiger partial charge in [-0.15, -0.1) is 0 Å². The minimum atomic E-state index is -0.788. The third-order valence-electron chi connectivity index (χ3n) is 3.56. The summed E-state index contributed by atoms with van der Waals surface area (Å²) in [7, 11) is -0.782. The minimum Gasteiger partial charge on any atom is -0.481 e. The lowest BCUT2D eigenvalue weighted by Gasteiger charge is -2.28. The summed E-state index contributed by atoms with van der Waals surface area (Å²) in [5, 5.41) is 11.5. The quantitative estimate of drug-likeness (QED) is 0.767. The van der Waals surface area contributed by atoms with Gasteiger partial charge in [-0.05, 0) is 18.3 Å². The predicted molar refractivity (Wildman–Crippen MR) is 78.1 cm³/mol. The van der Waals surface area contributed by atoms with E-state index in [1.54, 1.807) is 4.90 Å². The van der Waals surface area contributed by atoms with E-state index in [1.807, 2.05) is 13.8 Å². The van der Waals surface area contributed by atoms with Crippen LogP contribution in [0, 0.1) is 5.41 Å². The Balaban J connectivity index is 2.24. The Kier molecular flexibility index (Phi) is 6.45. The number of aliphatic carboxylic acids is 1. The van der Waals surface area contributed by atoms with Crippen molar-refractivity contribution in [1.29, 1.82) is 0 Å². The zero-order chi connectivity index (χ0) is 15.2. The first-order valence-corrected chi connectivity index (χ1v) is 8.38. The second-order valence-electron chi connectivity index (χ2n) is 5.88. The predicted octanol–water partition coefficient (Wildman–Crippen LogP) is 1.04. The molecule has 0 atom stereocenters. The van der Waals surface area contributed by atoms with Crippen molar-refractivity contribution in [3.05, 3.63) is 0 Å². The summed E-state index contributed by atoms with van der Waals surface area (Å²) in [6.45, 7) is 5.63. The van der Waals surface area contributed by atoms with Crippen LogP contribution in [0.15, 0.2) is 0 Å². The number of nitrogens with one attached hydrogen (secondary N) is 1. The first-order valence-electron chi connectivity index (χ1n) is 6.90. The number of carboxylic acid groups (broad SMARTS) is 1. The number of hydrogen-bond acceptors (Lipinski definition) is 3. The highest BCUT2D eigenvalue weighted by Crippen LogP contribution is 2.25. The summed E-state index contributed by atoms with van der Waals surface area (Å²) in [5.41, 5.74) is -0.102. The number of carbonyl (C=O) groups excluding carboxylic acids is 1. The van der Waals surface area contributed by atoms with Gasteiger partial charge in [-0.1, -0.05) is 13.8 Å². The van der Waals surface area contributed by atoms with Crippen molar-refractivity contribution in [3.63, 3.8) is 0 Å². The van der Waals surface area contributed by atoms with Gasteiger partial charge in [-0.2, -0.15) is 0 Å². The Bertz CT molecular complexity index is 375. The Hall–Kier alpha value is -1.11. The molecule has 0 spiro atoms. The zero-order valence-corrected chi connectivity index (χ0v) is 13.0. The standard InChI is InChI=1S/C13H24N2O4S/c1-13(2,4-3-11(16)17)5-6-14-12(18)15-7-9-20(19)10-8-15/h3-10H2,1-2H3,(H,14,18)(H,16,17). The monoisotopic (exact) mass is 304 g/mol. The van der Waals surface area contributed by atoms with Crippen LogP contribution in [0.1, 0.15) is 33.1 Å². The Morgan fingerprint density at radius 3 is 2.40 bits per heavy atom. The molecule has 0 unspecified atom stereocenters. The van der Waals surface area contributed by atoms with Gasteiger partial charge in [0.15, 0.2) is 0 Å². The number of carbonyl (C=O) groups is 2. The lowest BCUT2D eigenvalue weighted by atomic mass is 9.84. The largest absolute Gasteiger partial charge is 0.481 e. The average Bonchev–Trinajstić information content (AvgIpc) is 2.37. The second kappa shape index (κ2) is 7.61. The molecule has 1 saturated heterocycles. The van der Waals surface area contributed by atoms with Crippen molar-refractivity contribution in [1.82, 2.24) is 10.2 Å². The fraction of sp³-hybridized carbons (Fsp3) is 0.846. The normalized spacial score (nSPS) is 17.0. The maximum absolute atomic E-state index is 11.9. The highest BCUT2D eigenvalue weighted by atomic mass is 32.2. The Labute approximate surface area is 122 Å². The molecule has 1 fully saturated rings. The number of nitrogens with zero attached hydrogens (tertiary/aromatic N) is 1. The second-order valence-corrected chi connectivity index (χ2v) is 7.57. The van der Waals surface area contributed by atoms with Crippen LogP contribution in [0.4, 0.5) is 4.79 Å².